The second-order valence-corrected chi connectivity index (χ2v) is 9.37. The van der Waals surface area contributed by atoms with Crippen molar-refractivity contribution in [2.75, 3.05) is 5.73 Å². The topological polar surface area (TPSA) is 97.0 Å². The van der Waals surface area contributed by atoms with E-state index in [2.05, 4.69) is 49.0 Å². The summed E-state index contributed by atoms with van der Waals surface area (Å²) in [5.74, 6) is 0.975. The summed E-state index contributed by atoms with van der Waals surface area (Å²) in [6.07, 6.45) is 2.01. The Labute approximate surface area is 209 Å². The van der Waals surface area contributed by atoms with Gasteiger partial charge in [-0.1, -0.05) is 30.3 Å². The van der Waals surface area contributed by atoms with Crippen molar-refractivity contribution in [1.29, 1.82) is 10.5 Å². The molecular formula is C26H19Br2N4O+. The van der Waals surface area contributed by atoms with Crippen LogP contribution in [-0.4, -0.2) is 0 Å². The summed E-state index contributed by atoms with van der Waals surface area (Å²) in [6.45, 7) is 4.21. The van der Waals surface area contributed by atoms with Gasteiger partial charge in [-0.05, 0) is 91.8 Å². The SMILES string of the molecule is CC1=C(C#N)c2[nH+]c(N)c(C#N)c(C)c2C1=Cc1cc(Br)c(OCc2ccccc2)c(Br)c1. The van der Waals surface area contributed by atoms with Gasteiger partial charge in [0, 0.05) is 5.56 Å². The molecule has 3 aromatic rings. The number of fused-ring (bicyclic) bond motifs is 1. The number of benzene rings is 2. The third kappa shape index (κ3) is 4.18. The number of hydrogen-bond acceptors (Lipinski definition) is 4. The van der Waals surface area contributed by atoms with Crippen molar-refractivity contribution in [3.8, 4) is 17.9 Å². The molecule has 3 N–H and O–H groups in total. The number of nitrogens with two attached hydrogens (primary N) is 1. The summed E-state index contributed by atoms with van der Waals surface area (Å²) in [5, 5.41) is 19.3. The van der Waals surface area contributed by atoms with Gasteiger partial charge < -0.3 is 4.74 Å². The van der Waals surface area contributed by atoms with Crippen LogP contribution in [0.2, 0.25) is 0 Å². The number of hydrogen-bond donors (Lipinski definition) is 1. The van der Waals surface area contributed by atoms with Crippen LogP contribution in [0.15, 0.2) is 57.0 Å². The van der Waals surface area contributed by atoms with Gasteiger partial charge in [-0.2, -0.15) is 10.5 Å². The van der Waals surface area contributed by atoms with Crippen molar-refractivity contribution in [2.45, 2.75) is 20.5 Å². The molecule has 7 heteroatoms. The van der Waals surface area contributed by atoms with Crippen molar-refractivity contribution in [1.82, 2.24) is 0 Å². The van der Waals surface area contributed by atoms with E-state index in [0.29, 0.717) is 29.2 Å². The zero-order valence-corrected chi connectivity index (χ0v) is 21.1. The van der Waals surface area contributed by atoms with Crippen LogP contribution in [-0.2, 0) is 6.61 Å². The first kappa shape index (κ1) is 22.8. The van der Waals surface area contributed by atoms with Gasteiger partial charge in [0.25, 0.3) is 5.82 Å². The van der Waals surface area contributed by atoms with Crippen LogP contribution >= 0.6 is 31.9 Å². The fourth-order valence-corrected chi connectivity index (χ4v) is 5.42. The third-order valence-electron chi connectivity index (χ3n) is 5.61. The minimum atomic E-state index is 0.265. The molecule has 0 amide bonds. The Bertz CT molecular complexity index is 1400. The van der Waals surface area contributed by atoms with Crippen LogP contribution in [0, 0.1) is 29.6 Å². The molecule has 1 aliphatic carbocycles. The minimum absolute atomic E-state index is 0.265. The third-order valence-corrected chi connectivity index (χ3v) is 6.79. The Hall–Kier alpha value is -3.39. The summed E-state index contributed by atoms with van der Waals surface area (Å²) in [5.41, 5.74) is 12.9. The van der Waals surface area contributed by atoms with Gasteiger partial charge in [0.2, 0.25) is 0 Å². The number of ether oxygens (including phenoxy) is 1. The Kier molecular flexibility index (Phi) is 6.37. The van der Waals surface area contributed by atoms with Gasteiger partial charge in [0.05, 0.1) is 8.95 Å². The molecule has 1 aliphatic rings. The zero-order chi connectivity index (χ0) is 23.7. The first-order valence-corrected chi connectivity index (χ1v) is 11.7. The number of nitrogen functional groups attached to an aromatic ring is 1. The van der Waals surface area contributed by atoms with E-state index in [4.69, 9.17) is 10.5 Å². The van der Waals surface area contributed by atoms with Crippen LogP contribution in [0.25, 0.3) is 17.2 Å². The molecule has 0 saturated carbocycles. The molecule has 162 valence electrons. The number of nitrogens with zero attached hydrogens (tertiary/aromatic N) is 2. The van der Waals surface area contributed by atoms with E-state index < -0.39 is 0 Å². The Morgan fingerprint density at radius 3 is 2.33 bits per heavy atom. The van der Waals surface area contributed by atoms with E-state index in [1.54, 1.807) is 0 Å². The first-order chi connectivity index (χ1) is 15.8. The Morgan fingerprint density at radius 1 is 1.06 bits per heavy atom. The van der Waals surface area contributed by atoms with Crippen LogP contribution in [0.4, 0.5) is 5.82 Å². The number of nitriles is 2. The lowest BCUT2D eigenvalue weighted by Gasteiger charge is -2.12. The predicted octanol–water partition coefficient (Wildman–Crippen LogP) is 6.22. The highest BCUT2D eigenvalue weighted by molar-refractivity contribution is 9.11. The van der Waals surface area contributed by atoms with E-state index in [-0.39, 0.29) is 5.82 Å². The molecule has 33 heavy (non-hydrogen) atoms. The zero-order valence-electron chi connectivity index (χ0n) is 18.0. The fourth-order valence-electron chi connectivity index (χ4n) is 3.97. The minimum Gasteiger partial charge on any atom is -0.487 e. The van der Waals surface area contributed by atoms with E-state index in [0.717, 1.165) is 42.3 Å². The van der Waals surface area contributed by atoms with Gasteiger partial charge in [-0.25, -0.2) is 4.98 Å². The monoisotopic (exact) mass is 561 g/mol. The summed E-state index contributed by atoms with van der Waals surface area (Å²) < 4.78 is 7.64. The normalized spacial score (nSPS) is 13.6. The van der Waals surface area contributed by atoms with Crippen molar-refractivity contribution in [2.24, 2.45) is 0 Å². The number of nitrogens with one attached hydrogen (secondary N) is 1. The number of anilines is 1. The number of rotatable bonds is 4. The number of pyridine rings is 1. The van der Waals surface area contributed by atoms with E-state index in [9.17, 15) is 10.5 Å². The molecule has 0 saturated heterocycles. The highest BCUT2D eigenvalue weighted by Crippen LogP contribution is 2.44. The van der Waals surface area contributed by atoms with Gasteiger partial charge in [0.1, 0.15) is 35.6 Å². The summed E-state index contributed by atoms with van der Waals surface area (Å²) in [6, 6.07) is 18.3. The summed E-state index contributed by atoms with van der Waals surface area (Å²) in [4.78, 5) is 3.06. The van der Waals surface area contributed by atoms with Gasteiger partial charge in [0.15, 0.2) is 5.69 Å². The molecule has 0 spiro atoms. The molecule has 0 unspecified atom stereocenters. The lowest BCUT2D eigenvalue weighted by molar-refractivity contribution is -0.364. The molecule has 0 aliphatic heterocycles. The molecule has 4 rings (SSSR count). The average Bonchev–Trinajstić information content (AvgIpc) is 3.04. The van der Waals surface area contributed by atoms with Crippen LogP contribution < -0.4 is 15.5 Å². The van der Waals surface area contributed by atoms with Gasteiger partial charge >= 0.3 is 0 Å². The second kappa shape index (κ2) is 9.23. The quantitative estimate of drug-likeness (QED) is 0.408. The van der Waals surface area contributed by atoms with Crippen LogP contribution in [0.1, 0.15) is 40.4 Å². The molecule has 0 bridgehead atoms. The van der Waals surface area contributed by atoms with Crippen molar-refractivity contribution >= 4 is 54.9 Å². The lowest BCUT2D eigenvalue weighted by Crippen LogP contribution is -2.20. The van der Waals surface area contributed by atoms with E-state index in [1.165, 1.54) is 0 Å². The highest BCUT2D eigenvalue weighted by atomic mass is 79.9. The smallest absolute Gasteiger partial charge is 0.289 e. The maximum Gasteiger partial charge on any atom is 0.289 e. The average molecular weight is 563 g/mol. The maximum absolute atomic E-state index is 9.76. The Morgan fingerprint density at radius 2 is 1.73 bits per heavy atom. The largest absolute Gasteiger partial charge is 0.487 e. The number of H-pyrrole nitrogens is 1. The molecular weight excluding hydrogens is 544 g/mol. The number of allylic oxidation sites excluding steroid dienone is 3. The van der Waals surface area contributed by atoms with Crippen molar-refractivity contribution < 1.29 is 9.72 Å². The van der Waals surface area contributed by atoms with E-state index >= 15 is 0 Å². The fraction of sp³-hybridized carbons (Fsp3) is 0.115. The van der Waals surface area contributed by atoms with Gasteiger partial charge in [-0.15, -0.1) is 0 Å². The van der Waals surface area contributed by atoms with E-state index in [1.807, 2.05) is 62.4 Å². The Balaban J connectivity index is 1.76. The summed E-state index contributed by atoms with van der Waals surface area (Å²) in [7, 11) is 0. The molecule has 0 atom stereocenters. The van der Waals surface area contributed by atoms with Crippen molar-refractivity contribution in [3.63, 3.8) is 0 Å². The summed E-state index contributed by atoms with van der Waals surface area (Å²) >= 11 is 7.25. The molecule has 0 radical (unpaired) electrons. The molecule has 0 fully saturated rings. The predicted molar refractivity (Wildman–Crippen MR) is 136 cm³/mol. The standard InChI is InChI=1S/C26H18Br2N4O/c1-14-18(23-15(2)20(12-30)26(31)32-24(23)19(14)11-29)8-17-9-21(27)25(22(28)10-17)33-13-16-6-4-3-5-7-16/h3-10H,13H2,1-2H3,(H2,31,32)/p+1. The van der Waals surface area contributed by atoms with Crippen LogP contribution in [0.3, 0.4) is 0 Å². The first-order valence-electron chi connectivity index (χ1n) is 10.1. The second-order valence-electron chi connectivity index (χ2n) is 7.66. The molecule has 1 heterocycles. The molecule has 2 aromatic carbocycles. The lowest BCUT2D eigenvalue weighted by atomic mass is 9.95. The highest BCUT2D eigenvalue weighted by Gasteiger charge is 2.32. The number of aromatic amines is 1. The molecule has 1 aromatic heterocycles. The van der Waals surface area contributed by atoms with Crippen LogP contribution in [0.5, 0.6) is 5.75 Å². The van der Waals surface area contributed by atoms with Gasteiger partial charge in [-0.3, -0.25) is 5.73 Å². The molecule has 5 nitrogen and oxygen atoms in total. The number of aromatic nitrogens is 1. The van der Waals surface area contributed by atoms with Crippen molar-refractivity contribution in [3.05, 3.63) is 90.5 Å². The number of halogens is 2. The maximum atomic E-state index is 9.76.